The third-order valence-corrected chi connectivity index (χ3v) is 9.70. The molecule has 2 saturated heterocycles. The van der Waals surface area contributed by atoms with Gasteiger partial charge in [0.2, 0.25) is 5.91 Å². The molecule has 10 heteroatoms. The van der Waals surface area contributed by atoms with Gasteiger partial charge in [0, 0.05) is 43.2 Å². The number of hydrogen-bond donors (Lipinski definition) is 1. The van der Waals surface area contributed by atoms with Gasteiger partial charge in [-0.1, -0.05) is 26.0 Å². The molecule has 3 heterocycles. The summed E-state index contributed by atoms with van der Waals surface area (Å²) in [4.78, 5) is 27.1. The Morgan fingerprint density at radius 1 is 1.06 bits per heavy atom. The van der Waals surface area contributed by atoms with Crippen molar-refractivity contribution in [3.63, 3.8) is 0 Å². The highest BCUT2D eigenvalue weighted by molar-refractivity contribution is 7.91. The van der Waals surface area contributed by atoms with Crippen LogP contribution in [0.2, 0.25) is 0 Å². The molecule has 1 aromatic heterocycles. The number of rotatable bonds is 6. The lowest BCUT2D eigenvalue weighted by atomic mass is 9.97. The van der Waals surface area contributed by atoms with Crippen LogP contribution >= 0.6 is 11.3 Å². The Morgan fingerprint density at radius 2 is 1.71 bits per heavy atom. The largest absolute Gasteiger partial charge is 0.378 e. The van der Waals surface area contributed by atoms with Gasteiger partial charge in [-0.25, -0.2) is 8.42 Å². The van der Waals surface area contributed by atoms with E-state index in [1.165, 1.54) is 15.9 Å². The van der Waals surface area contributed by atoms with Gasteiger partial charge in [-0.15, -0.1) is 11.3 Å². The van der Waals surface area contributed by atoms with Crippen LogP contribution in [-0.4, -0.2) is 68.8 Å². The van der Waals surface area contributed by atoms with Crippen LogP contribution in [-0.2, 0) is 19.6 Å². The molecule has 1 N–H and O–H groups in total. The predicted molar refractivity (Wildman–Crippen MR) is 132 cm³/mol. The average Bonchev–Trinajstić information content (AvgIpc) is 3.36. The van der Waals surface area contributed by atoms with Crippen molar-refractivity contribution in [2.24, 2.45) is 5.92 Å². The van der Waals surface area contributed by atoms with Crippen molar-refractivity contribution in [2.45, 2.75) is 36.8 Å². The maximum Gasteiger partial charge on any atom is 0.254 e. The number of carbonyl (C=O) groups excluding carboxylic acids is 2. The molecule has 2 aliphatic heterocycles. The second kappa shape index (κ2) is 10.6. The van der Waals surface area contributed by atoms with Crippen LogP contribution in [0.3, 0.4) is 0 Å². The van der Waals surface area contributed by atoms with Gasteiger partial charge < -0.3 is 15.0 Å². The van der Waals surface area contributed by atoms with Gasteiger partial charge in [0.05, 0.1) is 18.8 Å². The molecular weight excluding hydrogens is 474 g/mol. The highest BCUT2D eigenvalue weighted by atomic mass is 32.2. The predicted octanol–water partition coefficient (Wildman–Crippen LogP) is 3.38. The molecule has 184 valence electrons. The fraction of sp³-hybridized carbons (Fsp3) is 0.500. The van der Waals surface area contributed by atoms with E-state index in [-0.39, 0.29) is 35.0 Å². The molecule has 0 unspecified atom stereocenters. The highest BCUT2D eigenvalue weighted by Gasteiger charge is 2.33. The third kappa shape index (κ3) is 5.51. The average molecular weight is 506 g/mol. The summed E-state index contributed by atoms with van der Waals surface area (Å²) in [5.74, 6) is -0.0624. The SMILES string of the molecule is CC(C)c1ccc(NC(=O)C2CCN(S(=O)(=O)c3cc(C(=O)N4CCOCC4)cs3)CC2)cc1. The number of sulfonamides is 1. The first kappa shape index (κ1) is 24.8. The van der Waals surface area contributed by atoms with Gasteiger partial charge >= 0.3 is 0 Å². The molecular formula is C24H31N3O5S2. The molecule has 2 fully saturated rings. The molecule has 2 aromatic rings. The Balaban J connectivity index is 1.33. The fourth-order valence-corrected chi connectivity index (χ4v) is 6.97. The van der Waals surface area contributed by atoms with E-state index in [0.717, 1.165) is 17.0 Å². The standard InChI is InChI=1S/C24H31N3O5S2/c1-17(2)18-3-5-21(6-4-18)25-23(28)19-7-9-27(10-8-19)34(30,31)22-15-20(16-33-22)24(29)26-11-13-32-14-12-26/h3-6,15-17,19H,7-14H2,1-2H3,(H,25,28). The molecule has 1 aromatic carbocycles. The van der Waals surface area contributed by atoms with Gasteiger partial charge in [-0.3, -0.25) is 9.59 Å². The lowest BCUT2D eigenvalue weighted by molar-refractivity contribution is -0.120. The number of hydrogen-bond acceptors (Lipinski definition) is 6. The smallest absolute Gasteiger partial charge is 0.254 e. The molecule has 8 nitrogen and oxygen atoms in total. The molecule has 0 radical (unpaired) electrons. The number of ether oxygens (including phenoxy) is 1. The molecule has 2 amide bonds. The van der Waals surface area contributed by atoms with Crippen molar-refractivity contribution in [3.05, 3.63) is 46.8 Å². The topological polar surface area (TPSA) is 96.0 Å². The first-order valence-electron chi connectivity index (χ1n) is 11.6. The molecule has 34 heavy (non-hydrogen) atoms. The molecule has 0 bridgehead atoms. The summed E-state index contributed by atoms with van der Waals surface area (Å²) in [7, 11) is -3.70. The minimum Gasteiger partial charge on any atom is -0.378 e. The number of nitrogens with zero attached hydrogens (tertiary/aromatic N) is 2. The summed E-state index contributed by atoms with van der Waals surface area (Å²) in [6.07, 6.45) is 0.917. The number of anilines is 1. The Morgan fingerprint density at radius 3 is 2.32 bits per heavy atom. The normalized spacial score (nSPS) is 18.3. The first-order chi connectivity index (χ1) is 16.3. The Kier molecular flexibility index (Phi) is 7.71. The van der Waals surface area contributed by atoms with Crippen LogP contribution < -0.4 is 5.32 Å². The minimum absolute atomic E-state index is 0.0798. The lowest BCUT2D eigenvalue weighted by Crippen LogP contribution is -2.41. The molecule has 0 spiro atoms. The fourth-order valence-electron chi connectivity index (χ4n) is 4.19. The van der Waals surface area contributed by atoms with Crippen LogP contribution in [0.1, 0.15) is 48.5 Å². The van der Waals surface area contributed by atoms with Gasteiger partial charge in [-0.05, 0) is 42.5 Å². The summed E-state index contributed by atoms with van der Waals surface area (Å²) in [5.41, 5.74) is 2.35. The monoisotopic (exact) mass is 505 g/mol. The minimum atomic E-state index is -3.70. The summed E-state index contributed by atoms with van der Waals surface area (Å²) in [6.45, 7) is 6.79. The van der Waals surface area contributed by atoms with Gasteiger partial charge in [0.15, 0.2) is 0 Å². The van der Waals surface area contributed by atoms with Crippen LogP contribution in [0, 0.1) is 5.92 Å². The van der Waals surface area contributed by atoms with Crippen molar-refractivity contribution in [1.29, 1.82) is 0 Å². The van der Waals surface area contributed by atoms with E-state index in [9.17, 15) is 18.0 Å². The number of benzene rings is 1. The van der Waals surface area contributed by atoms with Crippen LogP contribution in [0.15, 0.2) is 39.9 Å². The molecule has 4 rings (SSSR count). The van der Waals surface area contributed by atoms with E-state index in [0.29, 0.717) is 50.6 Å². The third-order valence-electron chi connectivity index (χ3n) is 6.38. The summed E-state index contributed by atoms with van der Waals surface area (Å²) >= 11 is 1.07. The second-order valence-corrected chi connectivity index (χ2v) is 12.1. The van der Waals surface area contributed by atoms with E-state index >= 15 is 0 Å². The van der Waals surface area contributed by atoms with Crippen LogP contribution in [0.4, 0.5) is 5.69 Å². The highest BCUT2D eigenvalue weighted by Crippen LogP contribution is 2.29. The molecule has 0 aliphatic carbocycles. The number of thiophene rings is 1. The first-order valence-corrected chi connectivity index (χ1v) is 13.9. The quantitative estimate of drug-likeness (QED) is 0.649. The Bertz CT molecular complexity index is 1110. The van der Waals surface area contributed by atoms with E-state index in [1.54, 1.807) is 10.3 Å². The van der Waals surface area contributed by atoms with E-state index < -0.39 is 10.0 Å². The van der Waals surface area contributed by atoms with Crippen molar-refractivity contribution in [2.75, 3.05) is 44.7 Å². The zero-order valence-corrected chi connectivity index (χ0v) is 21.2. The zero-order chi connectivity index (χ0) is 24.3. The van der Waals surface area contributed by atoms with E-state index in [2.05, 4.69) is 19.2 Å². The zero-order valence-electron chi connectivity index (χ0n) is 19.5. The maximum absolute atomic E-state index is 13.1. The molecule has 0 saturated carbocycles. The second-order valence-electron chi connectivity index (χ2n) is 9.00. The number of piperidine rings is 1. The molecule has 2 aliphatic rings. The van der Waals surface area contributed by atoms with Crippen LogP contribution in [0.25, 0.3) is 0 Å². The Hall–Kier alpha value is -2.27. The van der Waals surface area contributed by atoms with Crippen molar-refractivity contribution >= 4 is 38.9 Å². The Labute approximate surface area is 204 Å². The summed E-state index contributed by atoms with van der Waals surface area (Å²) < 4.78 is 33.1. The van der Waals surface area contributed by atoms with E-state index in [1.807, 2.05) is 24.3 Å². The van der Waals surface area contributed by atoms with Gasteiger partial charge in [0.25, 0.3) is 15.9 Å². The van der Waals surface area contributed by atoms with Gasteiger partial charge in [-0.2, -0.15) is 4.31 Å². The van der Waals surface area contributed by atoms with Crippen molar-refractivity contribution < 1.29 is 22.7 Å². The number of amides is 2. The van der Waals surface area contributed by atoms with Crippen molar-refractivity contribution in [1.82, 2.24) is 9.21 Å². The number of morpholine rings is 1. The number of nitrogens with one attached hydrogen (secondary N) is 1. The molecule has 0 atom stereocenters. The van der Waals surface area contributed by atoms with E-state index in [4.69, 9.17) is 4.74 Å². The lowest BCUT2D eigenvalue weighted by Gasteiger charge is -2.30. The summed E-state index contributed by atoms with van der Waals surface area (Å²) in [5, 5.41) is 4.56. The number of carbonyl (C=O) groups is 2. The van der Waals surface area contributed by atoms with Crippen molar-refractivity contribution in [3.8, 4) is 0 Å². The maximum atomic E-state index is 13.1. The van der Waals surface area contributed by atoms with Gasteiger partial charge in [0.1, 0.15) is 4.21 Å². The van der Waals surface area contributed by atoms with Crippen LogP contribution in [0.5, 0.6) is 0 Å². The summed E-state index contributed by atoms with van der Waals surface area (Å²) in [6, 6.07) is 9.29.